The number of aromatic nitrogens is 1. The van der Waals surface area contributed by atoms with E-state index < -0.39 is 0 Å². The first kappa shape index (κ1) is 7.87. The fraction of sp³-hybridized carbons (Fsp3) is 0.167. The molecule has 0 fully saturated rings. The Morgan fingerprint density at radius 2 is 2.64 bits per heavy atom. The van der Waals surface area contributed by atoms with E-state index in [9.17, 15) is 4.79 Å². The Kier molecular flexibility index (Phi) is 2.32. The van der Waals surface area contributed by atoms with Crippen molar-refractivity contribution >= 4 is 23.3 Å². The second-order valence-corrected chi connectivity index (χ2v) is 2.93. The van der Waals surface area contributed by atoms with Gasteiger partial charge < -0.3 is 5.21 Å². The predicted octanol–water partition coefficient (Wildman–Crippen LogP) is 1.15. The van der Waals surface area contributed by atoms with Crippen LogP contribution in [0.25, 0.3) is 0 Å². The molecule has 5 heteroatoms. The Bertz CT molecular complexity index is 293. The molecule has 0 radical (unpaired) electrons. The zero-order chi connectivity index (χ0) is 8.27. The van der Waals surface area contributed by atoms with Gasteiger partial charge in [-0.3, -0.25) is 4.79 Å². The van der Waals surface area contributed by atoms with E-state index in [-0.39, 0.29) is 5.78 Å². The number of hydrogen-bond acceptors (Lipinski definition) is 5. The van der Waals surface area contributed by atoms with Crippen molar-refractivity contribution in [2.24, 2.45) is 5.16 Å². The molecule has 1 rings (SSSR count). The quantitative estimate of drug-likeness (QED) is 0.313. The van der Waals surface area contributed by atoms with Crippen molar-refractivity contribution in [2.75, 3.05) is 0 Å². The van der Waals surface area contributed by atoms with Crippen molar-refractivity contribution in [3.05, 3.63) is 16.1 Å². The van der Waals surface area contributed by atoms with E-state index in [1.165, 1.54) is 30.7 Å². The van der Waals surface area contributed by atoms with E-state index in [1.54, 1.807) is 0 Å². The molecule has 4 nitrogen and oxygen atoms in total. The first-order chi connectivity index (χ1) is 5.24. The van der Waals surface area contributed by atoms with Gasteiger partial charge in [0.25, 0.3) is 0 Å². The van der Waals surface area contributed by atoms with Gasteiger partial charge in [0.05, 0.1) is 11.1 Å². The zero-order valence-corrected chi connectivity index (χ0v) is 6.63. The average Bonchev–Trinajstić information content (AvgIpc) is 2.37. The van der Waals surface area contributed by atoms with E-state index in [0.29, 0.717) is 9.88 Å². The SMILES string of the molecule is CC(=O)c1ncc(/C=N/O)s1. The van der Waals surface area contributed by atoms with Gasteiger partial charge in [-0.05, 0) is 0 Å². The highest BCUT2D eigenvalue weighted by Crippen LogP contribution is 2.10. The fourth-order valence-electron chi connectivity index (χ4n) is 0.566. The lowest BCUT2D eigenvalue weighted by Crippen LogP contribution is -1.87. The van der Waals surface area contributed by atoms with E-state index >= 15 is 0 Å². The number of nitrogens with zero attached hydrogens (tertiary/aromatic N) is 2. The van der Waals surface area contributed by atoms with Gasteiger partial charge in [0.1, 0.15) is 0 Å². The predicted molar refractivity (Wildman–Crippen MR) is 41.5 cm³/mol. The molecular formula is C6H6N2O2S. The highest BCUT2D eigenvalue weighted by molar-refractivity contribution is 7.15. The molecule has 0 aliphatic rings. The van der Waals surface area contributed by atoms with Gasteiger partial charge >= 0.3 is 0 Å². The van der Waals surface area contributed by atoms with Crippen LogP contribution >= 0.6 is 11.3 Å². The van der Waals surface area contributed by atoms with Crippen molar-refractivity contribution in [2.45, 2.75) is 6.92 Å². The molecular weight excluding hydrogens is 164 g/mol. The fourth-order valence-corrected chi connectivity index (χ4v) is 1.24. The molecule has 0 bridgehead atoms. The normalized spacial score (nSPS) is 10.6. The van der Waals surface area contributed by atoms with E-state index in [2.05, 4.69) is 10.1 Å². The molecule has 0 aliphatic heterocycles. The summed E-state index contributed by atoms with van der Waals surface area (Å²) in [7, 11) is 0. The van der Waals surface area contributed by atoms with Crippen LogP contribution in [0.5, 0.6) is 0 Å². The molecule has 0 aromatic carbocycles. The molecule has 1 aromatic rings. The zero-order valence-electron chi connectivity index (χ0n) is 5.81. The molecule has 0 saturated carbocycles. The van der Waals surface area contributed by atoms with Crippen LogP contribution in [0.3, 0.4) is 0 Å². The first-order valence-electron chi connectivity index (χ1n) is 2.88. The van der Waals surface area contributed by atoms with Crippen LogP contribution in [0.4, 0.5) is 0 Å². The Morgan fingerprint density at radius 3 is 3.09 bits per heavy atom. The van der Waals surface area contributed by atoms with Crippen molar-refractivity contribution in [3.63, 3.8) is 0 Å². The van der Waals surface area contributed by atoms with E-state index in [0.717, 1.165) is 0 Å². The summed E-state index contributed by atoms with van der Waals surface area (Å²) in [6, 6.07) is 0. The van der Waals surface area contributed by atoms with Gasteiger partial charge in [-0.25, -0.2) is 4.98 Å². The molecule has 0 aliphatic carbocycles. The summed E-state index contributed by atoms with van der Waals surface area (Å²) in [6.07, 6.45) is 2.73. The summed E-state index contributed by atoms with van der Waals surface area (Å²) in [5.41, 5.74) is 0. The van der Waals surface area contributed by atoms with Crippen molar-refractivity contribution in [1.29, 1.82) is 0 Å². The van der Waals surface area contributed by atoms with Crippen LogP contribution < -0.4 is 0 Å². The molecule has 11 heavy (non-hydrogen) atoms. The Hall–Kier alpha value is -1.23. The van der Waals surface area contributed by atoms with Crippen LogP contribution in [0.2, 0.25) is 0 Å². The van der Waals surface area contributed by atoms with Gasteiger partial charge in [0, 0.05) is 13.1 Å². The Balaban J connectivity index is 2.90. The number of Topliss-reactive ketones (excluding diaryl/α,β-unsaturated/α-hetero) is 1. The second kappa shape index (κ2) is 3.25. The molecule has 58 valence electrons. The van der Waals surface area contributed by atoms with Crippen LogP contribution in [0.1, 0.15) is 21.6 Å². The van der Waals surface area contributed by atoms with Crippen LogP contribution in [0, 0.1) is 0 Å². The van der Waals surface area contributed by atoms with Gasteiger partial charge in [0.2, 0.25) is 0 Å². The molecule has 0 amide bonds. The third kappa shape index (κ3) is 1.84. The van der Waals surface area contributed by atoms with Crippen LogP contribution in [0.15, 0.2) is 11.4 Å². The van der Waals surface area contributed by atoms with Crippen molar-refractivity contribution in [1.82, 2.24) is 4.98 Å². The topological polar surface area (TPSA) is 62.5 Å². The molecule has 1 aromatic heterocycles. The summed E-state index contributed by atoms with van der Waals surface area (Å²) in [5, 5.41) is 11.4. The standard InChI is InChI=1S/C6H6N2O2S/c1-4(9)6-7-2-5(11-6)3-8-10/h2-3,10H,1H3/b8-3+. The lowest BCUT2D eigenvalue weighted by atomic mass is 10.5. The molecule has 0 saturated heterocycles. The molecule has 0 spiro atoms. The monoisotopic (exact) mass is 170 g/mol. The molecule has 1 N–H and O–H groups in total. The molecule has 0 unspecified atom stereocenters. The summed E-state index contributed by atoms with van der Waals surface area (Å²) in [5.74, 6) is -0.0763. The van der Waals surface area contributed by atoms with Gasteiger partial charge in [0.15, 0.2) is 10.8 Å². The average molecular weight is 170 g/mol. The summed E-state index contributed by atoms with van der Waals surface area (Å²) < 4.78 is 0. The second-order valence-electron chi connectivity index (χ2n) is 1.87. The van der Waals surface area contributed by atoms with Gasteiger partial charge in [-0.15, -0.1) is 11.3 Å². The van der Waals surface area contributed by atoms with Crippen molar-refractivity contribution in [3.8, 4) is 0 Å². The lowest BCUT2D eigenvalue weighted by Gasteiger charge is -1.79. The highest BCUT2D eigenvalue weighted by Gasteiger charge is 2.03. The maximum Gasteiger partial charge on any atom is 0.188 e. The Labute approximate surface area is 67.2 Å². The summed E-state index contributed by atoms with van der Waals surface area (Å²) in [4.78, 5) is 15.2. The minimum atomic E-state index is -0.0763. The number of hydrogen-bond donors (Lipinski definition) is 1. The maximum atomic E-state index is 10.7. The smallest absolute Gasteiger partial charge is 0.188 e. The number of carbonyl (C=O) groups excluding carboxylic acids is 1. The molecule has 0 atom stereocenters. The number of thiazole rings is 1. The number of ketones is 1. The van der Waals surface area contributed by atoms with Gasteiger partial charge in [-0.1, -0.05) is 5.16 Å². The van der Waals surface area contributed by atoms with Gasteiger partial charge in [-0.2, -0.15) is 0 Å². The highest BCUT2D eigenvalue weighted by atomic mass is 32.1. The van der Waals surface area contributed by atoms with E-state index in [1.807, 2.05) is 0 Å². The summed E-state index contributed by atoms with van der Waals surface area (Å²) >= 11 is 1.20. The minimum Gasteiger partial charge on any atom is -0.411 e. The Morgan fingerprint density at radius 1 is 1.91 bits per heavy atom. The first-order valence-corrected chi connectivity index (χ1v) is 3.70. The van der Waals surface area contributed by atoms with Crippen molar-refractivity contribution < 1.29 is 10.0 Å². The third-order valence-electron chi connectivity index (χ3n) is 1.01. The number of rotatable bonds is 2. The van der Waals surface area contributed by atoms with E-state index in [4.69, 9.17) is 5.21 Å². The third-order valence-corrected chi connectivity index (χ3v) is 2.04. The van der Waals surface area contributed by atoms with Crippen LogP contribution in [-0.4, -0.2) is 22.2 Å². The molecule has 1 heterocycles. The maximum absolute atomic E-state index is 10.7. The lowest BCUT2D eigenvalue weighted by molar-refractivity contribution is 0.101. The number of oxime groups is 1. The van der Waals surface area contributed by atoms with Crippen LogP contribution in [-0.2, 0) is 0 Å². The summed E-state index contributed by atoms with van der Waals surface area (Å²) in [6.45, 7) is 1.44. The minimum absolute atomic E-state index is 0.0763. The number of carbonyl (C=O) groups is 1. The largest absolute Gasteiger partial charge is 0.411 e.